The summed E-state index contributed by atoms with van der Waals surface area (Å²) in [7, 11) is 8.15. The summed E-state index contributed by atoms with van der Waals surface area (Å²) < 4.78 is 55.4. The first-order valence-corrected chi connectivity index (χ1v) is 34.9. The molecule has 7 aromatic heterocycles. The lowest BCUT2D eigenvalue weighted by Gasteiger charge is -2.37. The number of hydrogen-bond acceptors (Lipinski definition) is 20. The van der Waals surface area contributed by atoms with Gasteiger partial charge in [0.15, 0.2) is 35.0 Å². The number of ketones is 3. The number of amides is 3. The van der Waals surface area contributed by atoms with E-state index in [1.165, 1.54) is 59.4 Å². The molecule has 2 atom stereocenters. The minimum Gasteiger partial charge on any atom is -0.497 e. The number of urea groups is 1. The van der Waals surface area contributed by atoms with Crippen LogP contribution in [0.4, 0.5) is 15.1 Å². The van der Waals surface area contributed by atoms with Crippen molar-refractivity contribution in [2.75, 3.05) is 33.1 Å². The highest BCUT2D eigenvalue weighted by Crippen LogP contribution is 2.35. The topological polar surface area (TPSA) is 312 Å². The SMILES string of the molecule is C/C=C(\C)N1CC(c2ccccc2)OC(C(=O)Cc2ccc(Oc3ccnc4cc(OC)ccc34)c(F)c2)C1=O.CNC(=O)Nc1nccc(Oc2ccc(CC(=O)c3c(C)n(C)n(-c4ccccc4)c3=O)nc2)n1.COc1ccc2c(Oc3cnc(CC(=O)c4c(C)n(C)n(-c5ccccc5)c4=O)cn3)ccnc2c1. The zero-order valence-electron chi connectivity index (χ0n) is 61.8. The third-order valence-corrected chi connectivity index (χ3v) is 18.2. The normalized spacial score (nSPS) is 13.3. The number of methoxy groups -OCH3 is 2. The lowest BCUT2D eigenvalue weighted by atomic mass is 10.00. The third kappa shape index (κ3) is 17.6. The van der Waals surface area contributed by atoms with Crippen LogP contribution >= 0.6 is 0 Å². The molecule has 1 saturated heterocycles. The maximum absolute atomic E-state index is 15.1. The van der Waals surface area contributed by atoms with Gasteiger partial charge in [0, 0.05) is 97.9 Å². The molecule has 562 valence electrons. The minimum atomic E-state index is -1.30. The zero-order valence-corrected chi connectivity index (χ0v) is 61.8. The third-order valence-electron chi connectivity index (χ3n) is 18.2. The fourth-order valence-corrected chi connectivity index (χ4v) is 12.2. The Morgan fingerprint density at radius 1 is 0.568 bits per heavy atom. The Balaban J connectivity index is 0.000000155. The molecule has 0 aliphatic carbocycles. The number of ether oxygens (including phenoxy) is 6. The maximum atomic E-state index is 15.1. The molecule has 8 heterocycles. The van der Waals surface area contributed by atoms with Crippen molar-refractivity contribution >= 4 is 57.0 Å². The second-order valence-electron chi connectivity index (χ2n) is 25.2. The number of aromatic nitrogens is 11. The number of rotatable bonds is 22. The van der Waals surface area contributed by atoms with E-state index in [1.54, 1.807) is 117 Å². The molecule has 14 rings (SSSR count). The van der Waals surface area contributed by atoms with Gasteiger partial charge in [-0.25, -0.2) is 28.5 Å². The number of halogens is 1. The van der Waals surface area contributed by atoms with Gasteiger partial charge in [0.05, 0.1) is 80.3 Å². The highest BCUT2D eigenvalue weighted by Gasteiger charge is 2.41. The van der Waals surface area contributed by atoms with Crippen molar-refractivity contribution in [2.45, 2.75) is 59.2 Å². The molecule has 2 unspecified atom stereocenters. The van der Waals surface area contributed by atoms with Crippen LogP contribution in [0.5, 0.6) is 46.3 Å². The smallest absolute Gasteiger partial charge is 0.321 e. The summed E-state index contributed by atoms with van der Waals surface area (Å²) in [6.45, 7) is 7.46. The molecule has 111 heavy (non-hydrogen) atoms. The minimum absolute atomic E-state index is 0.00327. The number of allylic oxidation sites excluding steroid dienone is 2. The number of nitrogens with zero attached hydrogens (tertiary/aromatic N) is 12. The second kappa shape index (κ2) is 34.6. The number of benzene rings is 6. The Kier molecular flexibility index (Phi) is 23.9. The van der Waals surface area contributed by atoms with Crippen molar-refractivity contribution < 1.29 is 56.8 Å². The largest absolute Gasteiger partial charge is 0.497 e. The van der Waals surface area contributed by atoms with Gasteiger partial charge in [-0.3, -0.25) is 63.4 Å². The molecule has 1 aliphatic heterocycles. The number of hydrogen-bond donors (Lipinski definition) is 2. The van der Waals surface area contributed by atoms with Gasteiger partial charge in [0.2, 0.25) is 17.7 Å². The Hall–Kier alpha value is -14.2. The van der Waals surface area contributed by atoms with Gasteiger partial charge in [-0.05, 0) is 124 Å². The molecule has 6 aromatic carbocycles. The summed E-state index contributed by atoms with van der Waals surface area (Å²) in [4.78, 5) is 121. The molecule has 1 fully saturated rings. The quantitative estimate of drug-likeness (QED) is 0.0470. The van der Waals surface area contributed by atoms with E-state index in [1.807, 2.05) is 129 Å². The zero-order chi connectivity index (χ0) is 78.4. The van der Waals surface area contributed by atoms with Crippen LogP contribution in [0, 0.1) is 19.7 Å². The van der Waals surface area contributed by atoms with Crippen molar-refractivity contribution in [2.24, 2.45) is 14.1 Å². The molecule has 0 saturated carbocycles. The lowest BCUT2D eigenvalue weighted by Crippen LogP contribution is -2.51. The van der Waals surface area contributed by atoms with Gasteiger partial charge in [0.1, 0.15) is 46.0 Å². The Bertz CT molecular complexity index is 5760. The molecule has 27 nitrogen and oxygen atoms in total. The Morgan fingerprint density at radius 2 is 1.12 bits per heavy atom. The van der Waals surface area contributed by atoms with Gasteiger partial charge in [0.25, 0.3) is 17.0 Å². The summed E-state index contributed by atoms with van der Waals surface area (Å²) in [5.74, 6) is 1.17. The van der Waals surface area contributed by atoms with Crippen molar-refractivity contribution in [3.63, 3.8) is 0 Å². The number of carbonyl (C=O) groups is 5. The fraction of sp³-hybridized carbons (Fsp3) is 0.181. The van der Waals surface area contributed by atoms with Crippen molar-refractivity contribution in [1.29, 1.82) is 0 Å². The molecule has 3 amide bonds. The number of fused-ring (bicyclic) bond motifs is 2. The van der Waals surface area contributed by atoms with E-state index in [-0.39, 0.29) is 76.5 Å². The van der Waals surface area contributed by atoms with Gasteiger partial charge in [-0.15, -0.1) is 0 Å². The fourth-order valence-electron chi connectivity index (χ4n) is 12.2. The van der Waals surface area contributed by atoms with Crippen molar-refractivity contribution in [3.8, 4) is 57.6 Å². The molecule has 1 aliphatic rings. The molecule has 0 spiro atoms. The van der Waals surface area contributed by atoms with Crippen molar-refractivity contribution in [1.82, 2.24) is 63.8 Å². The van der Waals surface area contributed by atoms with E-state index in [0.29, 0.717) is 85.9 Å². The molecule has 2 N–H and O–H groups in total. The highest BCUT2D eigenvalue weighted by molar-refractivity contribution is 6.06. The summed E-state index contributed by atoms with van der Waals surface area (Å²) >= 11 is 0. The molecule has 0 radical (unpaired) electrons. The predicted octanol–water partition coefficient (Wildman–Crippen LogP) is 12.9. The Morgan fingerprint density at radius 3 is 1.65 bits per heavy atom. The van der Waals surface area contributed by atoms with Gasteiger partial charge in [-0.1, -0.05) is 78.9 Å². The molecular weight excluding hydrogens is 1420 g/mol. The van der Waals surface area contributed by atoms with Crippen LogP contribution in [-0.2, 0) is 47.7 Å². The van der Waals surface area contributed by atoms with Gasteiger partial charge in [-0.2, -0.15) is 4.98 Å². The van der Waals surface area contributed by atoms with Crippen LogP contribution < -0.4 is 45.4 Å². The highest BCUT2D eigenvalue weighted by atomic mass is 19.1. The summed E-state index contributed by atoms with van der Waals surface area (Å²) in [5.41, 5.74) is 6.39. The van der Waals surface area contributed by atoms with E-state index < -0.39 is 35.7 Å². The van der Waals surface area contributed by atoms with Crippen LogP contribution in [-0.4, -0.2) is 122 Å². The summed E-state index contributed by atoms with van der Waals surface area (Å²) in [5, 5.41) is 6.36. The number of carbonyl (C=O) groups excluding carboxylic acids is 5. The van der Waals surface area contributed by atoms with E-state index in [0.717, 1.165) is 22.2 Å². The number of anilines is 1. The van der Waals surface area contributed by atoms with E-state index >= 15 is 4.39 Å². The van der Waals surface area contributed by atoms with Crippen LogP contribution in [0.3, 0.4) is 0 Å². The lowest BCUT2D eigenvalue weighted by molar-refractivity contribution is -0.165. The van der Waals surface area contributed by atoms with E-state index in [2.05, 4.69) is 45.5 Å². The van der Waals surface area contributed by atoms with E-state index in [4.69, 9.17) is 28.4 Å². The maximum Gasteiger partial charge on any atom is 0.321 e. The average Bonchev–Trinajstić information content (AvgIpc) is 1.69. The predicted molar refractivity (Wildman–Crippen MR) is 411 cm³/mol. The first kappa shape index (κ1) is 76.5. The number of pyridine rings is 3. The summed E-state index contributed by atoms with van der Waals surface area (Å²) in [6, 6.07) is 50.8. The number of para-hydroxylation sites is 2. The average molecular weight is 1500 g/mol. The molecule has 28 heteroatoms. The van der Waals surface area contributed by atoms with Crippen LogP contribution in [0.15, 0.2) is 234 Å². The van der Waals surface area contributed by atoms with Crippen LogP contribution in [0.2, 0.25) is 0 Å². The van der Waals surface area contributed by atoms with Crippen LogP contribution in [0.25, 0.3) is 33.2 Å². The number of nitrogens with one attached hydrogen (secondary N) is 2. The Labute approximate surface area is 635 Å². The van der Waals surface area contributed by atoms with Crippen molar-refractivity contribution in [3.05, 3.63) is 296 Å². The van der Waals surface area contributed by atoms with Gasteiger partial charge < -0.3 is 38.6 Å². The van der Waals surface area contributed by atoms with E-state index in [9.17, 15) is 33.6 Å². The standard InChI is InChI=1S/C32H29FN2O5.C27H23N5O4.C24H23N7O4/c1-4-20(2)35-19-30(22-8-6-5-7-9-22)40-31(32(35)37)27(36)17-21-10-13-29(25(33)16-21)39-28-14-15-34-26-18-23(38-3)11-12-24(26)28;1-17-26(27(34)32(31(17)2)19-7-5-4-6-8-19)23(33)13-18-15-30-25(16-29-18)36-24-11-12-28-22-14-20(35-3)9-10-21(22)24;1-15-21(22(33)31(30(15)3)17-7-5-4-6-8-17)19(32)13-16-9-10-18(14-27-16)35-20-11-12-26-23(28-20)29-24(34)25-2/h4-16,18,30-31H,17,19H2,1-3H3;4-12,14-16H,13H2,1-3H3;4-12,14H,13H2,1-3H3,(H2,25,26,28,29,34)/b20-4+;;. The molecular formula is C83H75FN14O13. The van der Waals surface area contributed by atoms with Crippen LogP contribution in [0.1, 0.15) is 74.6 Å². The first-order chi connectivity index (χ1) is 53.7. The monoisotopic (exact) mass is 1490 g/mol. The first-order valence-electron chi connectivity index (χ1n) is 34.9. The molecule has 13 aromatic rings. The number of morpholine rings is 1. The van der Waals surface area contributed by atoms with Gasteiger partial charge >= 0.3 is 6.03 Å². The molecule has 0 bridgehead atoms. The number of Topliss-reactive ketones (excluding diaryl/α,β-unsaturated/α-hetero) is 3. The summed E-state index contributed by atoms with van der Waals surface area (Å²) in [6.07, 6.45) is 8.84. The second-order valence-corrected chi connectivity index (χ2v) is 25.2.